The molecule has 1 aliphatic carbocycles. The minimum atomic E-state index is -0.886. The van der Waals surface area contributed by atoms with Crippen LogP contribution in [-0.4, -0.2) is 42.9 Å². The van der Waals surface area contributed by atoms with Crippen LogP contribution in [0.3, 0.4) is 0 Å². The molecule has 0 radical (unpaired) electrons. The summed E-state index contributed by atoms with van der Waals surface area (Å²) < 4.78 is 0. The quantitative estimate of drug-likeness (QED) is 0.241. The Morgan fingerprint density at radius 2 is 1.29 bits per heavy atom. The van der Waals surface area contributed by atoms with E-state index in [2.05, 4.69) is 0 Å². The first-order chi connectivity index (χ1) is 14.7. The van der Waals surface area contributed by atoms with Crippen molar-refractivity contribution < 1.29 is 39.9 Å². The van der Waals surface area contributed by atoms with E-state index in [0.29, 0.717) is 5.56 Å². The summed E-state index contributed by atoms with van der Waals surface area (Å²) in [6, 6.07) is 12.9. The maximum absolute atomic E-state index is 12.1. The normalized spacial score (nSPS) is 12.0. The molecule has 0 aliphatic heterocycles. The van der Waals surface area contributed by atoms with Crippen LogP contribution in [0.25, 0.3) is 6.08 Å². The van der Waals surface area contributed by atoms with Crippen molar-refractivity contribution in [3.8, 4) is 28.7 Å². The zero-order valence-electron chi connectivity index (χ0n) is 15.8. The molecule has 0 saturated heterocycles. The zero-order valence-corrected chi connectivity index (χ0v) is 15.8. The standard InChI is InChI=1S/C13H10O6.C10H6O2/c14-7-2-1-3-8(15)10(7)11(17)6-4-5-9(16)13(19)12(6)18;11-9-6-5-7-3-1-2-4-8(7)10(9)12/h1-5,14-16,18-19H;1-6H. The smallest absolute Gasteiger partial charge is 0.233 e. The molecule has 0 fully saturated rings. The minimum absolute atomic E-state index is 0.355. The number of phenols is 5. The first-order valence-electron chi connectivity index (χ1n) is 8.87. The predicted molar refractivity (Wildman–Crippen MR) is 109 cm³/mol. The minimum Gasteiger partial charge on any atom is -0.507 e. The number of hydrogen-bond acceptors (Lipinski definition) is 8. The number of hydrogen-bond donors (Lipinski definition) is 5. The van der Waals surface area contributed by atoms with Gasteiger partial charge in [-0.05, 0) is 35.9 Å². The summed E-state index contributed by atoms with van der Waals surface area (Å²) in [7, 11) is 0. The van der Waals surface area contributed by atoms with Crippen LogP contribution in [0.5, 0.6) is 28.7 Å². The van der Waals surface area contributed by atoms with Crippen LogP contribution < -0.4 is 0 Å². The summed E-state index contributed by atoms with van der Waals surface area (Å²) in [4.78, 5) is 34.2. The van der Waals surface area contributed by atoms with Gasteiger partial charge < -0.3 is 25.5 Å². The van der Waals surface area contributed by atoms with E-state index >= 15 is 0 Å². The lowest BCUT2D eigenvalue weighted by Gasteiger charge is -2.09. The molecule has 31 heavy (non-hydrogen) atoms. The second kappa shape index (κ2) is 8.42. The molecule has 3 aromatic carbocycles. The molecule has 8 nitrogen and oxygen atoms in total. The molecule has 0 unspecified atom stereocenters. The van der Waals surface area contributed by atoms with Gasteiger partial charge in [-0.2, -0.15) is 0 Å². The molecular formula is C23H16O8. The number of phenolic OH excluding ortho intramolecular Hbond substituents is 5. The van der Waals surface area contributed by atoms with Crippen LogP contribution in [0.4, 0.5) is 0 Å². The number of Topliss-reactive ketones (excluding diaryl/α,β-unsaturated/α-hetero) is 1. The fraction of sp³-hybridized carbons (Fsp3) is 0. The van der Waals surface area contributed by atoms with Crippen LogP contribution in [0, 0.1) is 0 Å². The molecule has 3 aromatic rings. The molecule has 0 aromatic heterocycles. The summed E-state index contributed by atoms with van der Waals surface area (Å²) in [5.74, 6) is -4.91. The van der Waals surface area contributed by atoms with Crippen molar-refractivity contribution in [2.45, 2.75) is 0 Å². The number of rotatable bonds is 2. The van der Waals surface area contributed by atoms with E-state index in [-0.39, 0.29) is 5.56 Å². The Hall–Kier alpha value is -4.59. The van der Waals surface area contributed by atoms with Crippen LogP contribution in [0.15, 0.2) is 60.7 Å². The van der Waals surface area contributed by atoms with Crippen molar-refractivity contribution >= 4 is 23.4 Å². The topological polar surface area (TPSA) is 152 Å². The highest BCUT2D eigenvalue weighted by Gasteiger charge is 2.23. The monoisotopic (exact) mass is 420 g/mol. The molecule has 0 heterocycles. The summed E-state index contributed by atoms with van der Waals surface area (Å²) in [6.07, 6.45) is 2.98. The molecule has 4 rings (SSSR count). The molecular weight excluding hydrogens is 404 g/mol. The van der Waals surface area contributed by atoms with E-state index in [1.807, 2.05) is 12.1 Å². The maximum atomic E-state index is 12.1. The predicted octanol–water partition coefficient (Wildman–Crippen LogP) is 2.91. The third-order valence-electron chi connectivity index (χ3n) is 4.47. The lowest BCUT2D eigenvalue weighted by atomic mass is 9.96. The first kappa shape index (κ1) is 21.1. The van der Waals surface area contributed by atoms with Gasteiger partial charge in [-0.25, -0.2) is 0 Å². The average Bonchev–Trinajstić information content (AvgIpc) is 2.75. The summed E-state index contributed by atoms with van der Waals surface area (Å²) in [5, 5.41) is 47.2. The van der Waals surface area contributed by atoms with Gasteiger partial charge in [-0.15, -0.1) is 0 Å². The number of aromatic hydroxyl groups is 5. The van der Waals surface area contributed by atoms with E-state index in [1.54, 1.807) is 18.2 Å². The average molecular weight is 420 g/mol. The van der Waals surface area contributed by atoms with E-state index < -0.39 is 51.7 Å². The summed E-state index contributed by atoms with van der Waals surface area (Å²) in [5.41, 5.74) is 0.571. The molecule has 8 heteroatoms. The molecule has 5 N–H and O–H groups in total. The number of carbonyl (C=O) groups is 3. The number of allylic oxidation sites excluding steroid dienone is 1. The Labute approximate surface area is 175 Å². The molecule has 156 valence electrons. The highest BCUT2D eigenvalue weighted by Crippen LogP contribution is 2.39. The Bertz CT molecular complexity index is 1220. The molecule has 0 spiro atoms. The van der Waals surface area contributed by atoms with Gasteiger partial charge >= 0.3 is 0 Å². The van der Waals surface area contributed by atoms with Crippen molar-refractivity contribution in [3.63, 3.8) is 0 Å². The van der Waals surface area contributed by atoms with Crippen molar-refractivity contribution in [3.05, 3.63) is 82.9 Å². The van der Waals surface area contributed by atoms with Gasteiger partial charge in [0.25, 0.3) is 0 Å². The lowest BCUT2D eigenvalue weighted by molar-refractivity contribution is -0.110. The van der Waals surface area contributed by atoms with Gasteiger partial charge in [-0.3, -0.25) is 14.4 Å². The third kappa shape index (κ3) is 4.08. The van der Waals surface area contributed by atoms with Crippen molar-refractivity contribution in [2.75, 3.05) is 0 Å². The Morgan fingerprint density at radius 1 is 0.645 bits per heavy atom. The van der Waals surface area contributed by atoms with Crippen LogP contribution >= 0.6 is 0 Å². The summed E-state index contributed by atoms with van der Waals surface area (Å²) in [6.45, 7) is 0. The van der Waals surface area contributed by atoms with E-state index in [0.717, 1.165) is 17.7 Å². The Balaban J connectivity index is 0.000000194. The first-order valence-corrected chi connectivity index (χ1v) is 8.87. The third-order valence-corrected chi connectivity index (χ3v) is 4.47. The molecule has 0 bridgehead atoms. The number of ketones is 3. The summed E-state index contributed by atoms with van der Waals surface area (Å²) >= 11 is 0. The van der Waals surface area contributed by atoms with E-state index in [4.69, 9.17) is 5.11 Å². The molecule has 0 amide bonds. The van der Waals surface area contributed by atoms with Gasteiger partial charge in [0.2, 0.25) is 23.1 Å². The molecule has 0 saturated carbocycles. The fourth-order valence-corrected chi connectivity index (χ4v) is 2.87. The Kier molecular flexibility index (Phi) is 5.74. The van der Waals surface area contributed by atoms with E-state index in [9.17, 15) is 34.8 Å². The van der Waals surface area contributed by atoms with Gasteiger partial charge in [0, 0.05) is 5.56 Å². The van der Waals surface area contributed by atoms with Crippen LogP contribution in [0.2, 0.25) is 0 Å². The van der Waals surface area contributed by atoms with Gasteiger partial charge in [0.15, 0.2) is 11.5 Å². The van der Waals surface area contributed by atoms with Gasteiger partial charge in [-0.1, -0.05) is 36.4 Å². The number of carbonyl (C=O) groups excluding carboxylic acids is 3. The van der Waals surface area contributed by atoms with Crippen LogP contribution in [-0.2, 0) is 4.79 Å². The fourth-order valence-electron chi connectivity index (χ4n) is 2.87. The lowest BCUT2D eigenvalue weighted by Crippen LogP contribution is -2.15. The maximum Gasteiger partial charge on any atom is 0.233 e. The van der Waals surface area contributed by atoms with Gasteiger partial charge in [0.05, 0.1) is 5.56 Å². The number of fused-ring (bicyclic) bond motifs is 1. The molecule has 0 atom stereocenters. The second-order valence-corrected chi connectivity index (χ2v) is 6.44. The largest absolute Gasteiger partial charge is 0.507 e. The highest BCUT2D eigenvalue weighted by atomic mass is 16.3. The Morgan fingerprint density at radius 3 is 1.97 bits per heavy atom. The van der Waals surface area contributed by atoms with Crippen molar-refractivity contribution in [1.29, 1.82) is 0 Å². The van der Waals surface area contributed by atoms with Crippen LogP contribution in [0.1, 0.15) is 31.8 Å². The number of benzene rings is 3. The van der Waals surface area contributed by atoms with Crippen molar-refractivity contribution in [1.82, 2.24) is 0 Å². The second-order valence-electron chi connectivity index (χ2n) is 6.44. The zero-order chi connectivity index (χ0) is 22.7. The molecule has 1 aliphatic rings. The SMILES string of the molecule is O=C(c1ccc(O)c(O)c1O)c1c(O)cccc1O.O=C1C=Cc2ccccc2C1=O. The van der Waals surface area contributed by atoms with Crippen molar-refractivity contribution in [2.24, 2.45) is 0 Å². The van der Waals surface area contributed by atoms with E-state index in [1.165, 1.54) is 24.3 Å². The van der Waals surface area contributed by atoms with Gasteiger partial charge in [0.1, 0.15) is 17.1 Å². The highest BCUT2D eigenvalue weighted by molar-refractivity contribution is 6.49.